The lowest BCUT2D eigenvalue weighted by molar-refractivity contribution is 0.0955. The van der Waals surface area contributed by atoms with Crippen molar-refractivity contribution in [2.24, 2.45) is 0 Å². The second kappa shape index (κ2) is 6.92. The number of carbonyl (C=O) groups is 1. The van der Waals surface area contributed by atoms with Crippen LogP contribution in [0.5, 0.6) is 0 Å². The zero-order valence-electron chi connectivity index (χ0n) is 14.3. The molecule has 6 nitrogen and oxygen atoms in total. The maximum absolute atomic E-state index is 12.7. The number of halogens is 1. The molecule has 4 rings (SSSR count). The van der Waals surface area contributed by atoms with Crippen molar-refractivity contribution >= 4 is 45.0 Å². The van der Waals surface area contributed by atoms with Crippen molar-refractivity contribution in [2.45, 2.75) is 32.2 Å². The summed E-state index contributed by atoms with van der Waals surface area (Å²) in [5, 5.41) is 11.0. The monoisotopic (exact) mass is 431 g/mol. The van der Waals surface area contributed by atoms with E-state index in [1.54, 1.807) is 0 Å². The van der Waals surface area contributed by atoms with Gasteiger partial charge in [-0.25, -0.2) is 0 Å². The van der Waals surface area contributed by atoms with Gasteiger partial charge >= 0.3 is 0 Å². The van der Waals surface area contributed by atoms with Gasteiger partial charge in [-0.1, -0.05) is 15.9 Å². The average Bonchev–Trinajstić information content (AvgIpc) is 3.38. The summed E-state index contributed by atoms with van der Waals surface area (Å²) in [6, 6.07) is 8.06. The van der Waals surface area contributed by atoms with Crippen molar-refractivity contribution in [1.82, 2.24) is 25.1 Å². The lowest BCUT2D eigenvalue weighted by Crippen LogP contribution is -2.27. The van der Waals surface area contributed by atoms with E-state index in [9.17, 15) is 4.79 Å². The first-order valence-electron chi connectivity index (χ1n) is 8.54. The second-order valence-corrected chi connectivity index (χ2v) is 7.83. The summed E-state index contributed by atoms with van der Waals surface area (Å²) < 4.78 is 3.66. The Kier molecular flexibility index (Phi) is 4.62. The molecule has 1 aliphatic rings. The van der Waals surface area contributed by atoms with E-state index in [1.165, 1.54) is 0 Å². The van der Waals surface area contributed by atoms with E-state index < -0.39 is 0 Å². The van der Waals surface area contributed by atoms with E-state index in [0.717, 1.165) is 39.7 Å². The molecule has 0 saturated heterocycles. The third kappa shape index (κ3) is 3.43. The summed E-state index contributed by atoms with van der Waals surface area (Å²) in [6.07, 6.45) is 2.93. The normalized spacial score (nSPS) is 13.9. The fourth-order valence-corrected chi connectivity index (χ4v) is 3.79. The molecule has 1 saturated carbocycles. The lowest BCUT2D eigenvalue weighted by Gasteiger charge is -2.10. The molecule has 134 valence electrons. The Morgan fingerprint density at radius 2 is 2.23 bits per heavy atom. The predicted octanol–water partition coefficient (Wildman–Crippen LogP) is 3.87. The maximum Gasteiger partial charge on any atom is 0.252 e. The minimum absolute atomic E-state index is 0.106. The summed E-state index contributed by atoms with van der Waals surface area (Å²) in [6.45, 7) is 2.40. The lowest BCUT2D eigenvalue weighted by atomic mass is 10.1. The first kappa shape index (κ1) is 17.4. The van der Waals surface area contributed by atoms with E-state index >= 15 is 0 Å². The number of nitrogens with one attached hydrogen (secondary N) is 2. The van der Waals surface area contributed by atoms with Crippen molar-refractivity contribution in [3.8, 4) is 0 Å². The summed E-state index contributed by atoms with van der Waals surface area (Å²) in [7, 11) is 0. The molecule has 1 amide bonds. The van der Waals surface area contributed by atoms with Crippen LogP contribution in [-0.2, 0) is 6.42 Å². The number of rotatable bonds is 5. The van der Waals surface area contributed by atoms with Gasteiger partial charge in [0.1, 0.15) is 5.82 Å². The number of pyridine rings is 1. The van der Waals surface area contributed by atoms with Crippen molar-refractivity contribution in [1.29, 1.82) is 0 Å². The Morgan fingerprint density at radius 1 is 1.42 bits per heavy atom. The second-order valence-electron chi connectivity index (χ2n) is 6.52. The number of fused-ring (bicyclic) bond motifs is 1. The average molecular weight is 432 g/mol. The van der Waals surface area contributed by atoms with Gasteiger partial charge in [-0.05, 0) is 56.2 Å². The van der Waals surface area contributed by atoms with Crippen LogP contribution in [0.4, 0.5) is 0 Å². The molecule has 1 fully saturated rings. The largest absolute Gasteiger partial charge is 0.352 e. The highest BCUT2D eigenvalue weighted by molar-refractivity contribution is 9.10. The third-order valence-electron chi connectivity index (χ3n) is 4.47. The number of aromatic nitrogens is 4. The number of amides is 1. The summed E-state index contributed by atoms with van der Waals surface area (Å²) in [5.41, 5.74) is 2.27. The first-order valence-corrected chi connectivity index (χ1v) is 9.74. The molecule has 0 aliphatic heterocycles. The number of H-pyrrole nitrogens is 1. The Hall–Kier alpha value is -2.06. The molecule has 0 spiro atoms. The molecular formula is C18H18BrN5OS. The predicted molar refractivity (Wildman–Crippen MR) is 106 cm³/mol. The molecule has 0 radical (unpaired) electrons. The molecular weight excluding hydrogens is 414 g/mol. The van der Waals surface area contributed by atoms with Crippen LogP contribution in [0.1, 0.15) is 40.8 Å². The Bertz CT molecular complexity index is 1050. The molecule has 3 aromatic rings. The van der Waals surface area contributed by atoms with Crippen molar-refractivity contribution in [3.05, 3.63) is 50.6 Å². The number of hydrogen-bond donors (Lipinski definition) is 2. The Balaban J connectivity index is 1.51. The summed E-state index contributed by atoms with van der Waals surface area (Å²) in [5.74, 6) is 0.794. The van der Waals surface area contributed by atoms with Crippen molar-refractivity contribution in [3.63, 3.8) is 0 Å². The van der Waals surface area contributed by atoms with Crippen LogP contribution in [0.2, 0.25) is 0 Å². The molecule has 2 heterocycles. The zero-order valence-corrected chi connectivity index (χ0v) is 16.7. The van der Waals surface area contributed by atoms with Crippen LogP contribution in [0, 0.1) is 11.7 Å². The molecule has 0 unspecified atom stereocenters. The fourth-order valence-electron chi connectivity index (χ4n) is 3.12. The van der Waals surface area contributed by atoms with Gasteiger partial charge < -0.3 is 9.88 Å². The van der Waals surface area contributed by atoms with Crippen LogP contribution < -0.4 is 5.32 Å². The Morgan fingerprint density at radius 3 is 3.00 bits per heavy atom. The SMILES string of the molecule is Cc1cc(C(=O)NCCc2n[nH]c(=S)n2C2CC2)c2cc(Br)ccc2n1. The van der Waals surface area contributed by atoms with E-state index in [4.69, 9.17) is 12.2 Å². The molecule has 0 bridgehead atoms. The van der Waals surface area contributed by atoms with E-state index in [-0.39, 0.29) is 5.91 Å². The number of benzene rings is 1. The zero-order chi connectivity index (χ0) is 18.3. The molecule has 2 aromatic heterocycles. The maximum atomic E-state index is 12.7. The van der Waals surface area contributed by atoms with Gasteiger partial charge in [0, 0.05) is 34.6 Å². The van der Waals surface area contributed by atoms with Gasteiger partial charge in [0.2, 0.25) is 0 Å². The van der Waals surface area contributed by atoms with E-state index in [2.05, 4.69) is 41.0 Å². The summed E-state index contributed by atoms with van der Waals surface area (Å²) >= 11 is 8.76. The van der Waals surface area contributed by atoms with Crippen LogP contribution in [0.25, 0.3) is 10.9 Å². The van der Waals surface area contributed by atoms with Crippen LogP contribution in [0.15, 0.2) is 28.7 Å². The van der Waals surface area contributed by atoms with Crippen molar-refractivity contribution < 1.29 is 4.79 Å². The van der Waals surface area contributed by atoms with E-state index in [1.807, 2.05) is 31.2 Å². The van der Waals surface area contributed by atoms with Gasteiger partial charge in [-0.15, -0.1) is 0 Å². The highest BCUT2D eigenvalue weighted by Gasteiger charge is 2.27. The fraction of sp³-hybridized carbons (Fsp3) is 0.333. The molecule has 2 N–H and O–H groups in total. The highest BCUT2D eigenvalue weighted by Crippen LogP contribution is 2.35. The van der Waals surface area contributed by atoms with Gasteiger partial charge in [0.05, 0.1) is 11.1 Å². The number of nitrogens with zero attached hydrogens (tertiary/aromatic N) is 3. The summed E-state index contributed by atoms with van der Waals surface area (Å²) in [4.78, 5) is 17.2. The molecule has 26 heavy (non-hydrogen) atoms. The van der Waals surface area contributed by atoms with Crippen LogP contribution in [-0.4, -0.2) is 32.2 Å². The minimum Gasteiger partial charge on any atom is -0.352 e. The molecule has 1 aliphatic carbocycles. The number of aryl methyl sites for hydroxylation is 1. The van der Waals surface area contributed by atoms with Gasteiger partial charge in [-0.2, -0.15) is 5.10 Å². The third-order valence-corrected chi connectivity index (χ3v) is 5.25. The number of aromatic amines is 1. The highest BCUT2D eigenvalue weighted by atomic mass is 79.9. The minimum atomic E-state index is -0.106. The topological polar surface area (TPSA) is 75.6 Å². The van der Waals surface area contributed by atoms with Gasteiger partial charge in [-0.3, -0.25) is 14.9 Å². The standard InChI is InChI=1S/C18H18BrN5OS/c1-10-8-14(13-9-11(19)2-5-15(13)21-10)17(25)20-7-6-16-22-23-18(26)24(16)12-3-4-12/h2,5,8-9,12H,3-4,6-7H2,1H3,(H,20,25)(H,23,26). The number of carbonyl (C=O) groups excluding carboxylic acids is 1. The van der Waals surface area contributed by atoms with Gasteiger partial charge in [0.25, 0.3) is 5.91 Å². The van der Waals surface area contributed by atoms with Crippen LogP contribution in [0.3, 0.4) is 0 Å². The van der Waals surface area contributed by atoms with Crippen LogP contribution >= 0.6 is 28.1 Å². The molecule has 8 heteroatoms. The molecule has 1 aromatic carbocycles. The van der Waals surface area contributed by atoms with E-state index in [0.29, 0.717) is 29.3 Å². The van der Waals surface area contributed by atoms with Crippen molar-refractivity contribution in [2.75, 3.05) is 6.54 Å². The number of hydrogen-bond acceptors (Lipinski definition) is 4. The molecule has 0 atom stereocenters. The Labute approximate surface area is 164 Å². The van der Waals surface area contributed by atoms with Gasteiger partial charge in [0.15, 0.2) is 4.77 Å². The smallest absolute Gasteiger partial charge is 0.252 e. The first-order chi connectivity index (χ1) is 12.5. The quantitative estimate of drug-likeness (QED) is 0.601.